The largest absolute Gasteiger partial charge is 0.455 e. The minimum Gasteiger partial charge on any atom is -0.455 e. The summed E-state index contributed by atoms with van der Waals surface area (Å²) >= 11 is 0. The summed E-state index contributed by atoms with van der Waals surface area (Å²) in [7, 11) is 0. The molecule has 4 nitrogen and oxygen atoms in total. The highest BCUT2D eigenvalue weighted by molar-refractivity contribution is 5.93. The Bertz CT molecular complexity index is 500. The maximum absolute atomic E-state index is 12.1. The Morgan fingerprint density at radius 1 is 1.47 bits per heavy atom. The van der Waals surface area contributed by atoms with Crippen LogP contribution in [-0.4, -0.2) is 17.1 Å². The lowest BCUT2D eigenvalue weighted by Crippen LogP contribution is -2.30. The van der Waals surface area contributed by atoms with Gasteiger partial charge in [-0.3, -0.25) is 4.79 Å². The molecule has 1 aliphatic carbocycles. The monoisotopic (exact) mass is 265 g/mol. The summed E-state index contributed by atoms with van der Waals surface area (Å²) in [6, 6.07) is 0.0652. The first-order valence-electron chi connectivity index (χ1n) is 6.82. The predicted molar refractivity (Wildman–Crippen MR) is 73.1 cm³/mol. The second-order valence-corrected chi connectivity index (χ2v) is 6.58. The van der Waals surface area contributed by atoms with Gasteiger partial charge in [-0.2, -0.15) is 0 Å². The number of nitrogens with one attached hydrogen (secondary N) is 1. The molecule has 0 radical (unpaired) electrons. The van der Waals surface area contributed by atoms with Crippen LogP contribution < -0.4 is 5.32 Å². The summed E-state index contributed by atoms with van der Waals surface area (Å²) in [6.45, 7) is 9.87. The van der Waals surface area contributed by atoms with Crippen molar-refractivity contribution in [1.82, 2.24) is 5.32 Å². The Morgan fingerprint density at radius 3 is 2.68 bits per heavy atom. The van der Waals surface area contributed by atoms with Gasteiger partial charge in [0.15, 0.2) is 5.76 Å². The maximum atomic E-state index is 12.1. The normalized spacial score (nSPS) is 21.3. The van der Waals surface area contributed by atoms with Crippen molar-refractivity contribution in [3.05, 3.63) is 22.6 Å². The van der Waals surface area contributed by atoms with Crippen LogP contribution in [0.15, 0.2) is 4.42 Å². The minimum absolute atomic E-state index is 0.00248. The molecule has 1 aliphatic rings. The fourth-order valence-corrected chi connectivity index (χ4v) is 2.83. The van der Waals surface area contributed by atoms with Crippen molar-refractivity contribution < 1.29 is 14.3 Å². The van der Waals surface area contributed by atoms with Crippen LogP contribution >= 0.6 is 0 Å². The van der Waals surface area contributed by atoms with Gasteiger partial charge in [-0.25, -0.2) is 0 Å². The molecule has 0 aromatic carbocycles. The molecule has 19 heavy (non-hydrogen) atoms. The highest BCUT2D eigenvalue weighted by Gasteiger charge is 2.37. The molecule has 4 heteroatoms. The molecule has 2 N–H and O–H groups in total. The molecule has 1 aromatic rings. The standard InChI is InChI=1S/C15H23NO3/c1-8(2)16-14(18)13-9(3)12-10(17)6-15(4,5)7-11(12)19-13/h8,10,17H,6-7H2,1-5H3,(H,16,18). The zero-order valence-electron chi connectivity index (χ0n) is 12.3. The Labute approximate surface area is 114 Å². The molecule has 0 saturated heterocycles. The molecule has 0 fully saturated rings. The molecule has 1 atom stereocenters. The third-order valence-corrected chi connectivity index (χ3v) is 3.61. The number of carbonyl (C=O) groups is 1. The number of aliphatic hydroxyl groups is 1. The number of furan rings is 1. The highest BCUT2D eigenvalue weighted by Crippen LogP contribution is 2.43. The van der Waals surface area contributed by atoms with Gasteiger partial charge in [0.2, 0.25) is 0 Å². The lowest BCUT2D eigenvalue weighted by molar-refractivity contribution is 0.0878. The molecule has 0 aliphatic heterocycles. The molecular formula is C15H23NO3. The van der Waals surface area contributed by atoms with Crippen molar-refractivity contribution >= 4 is 5.91 Å². The van der Waals surface area contributed by atoms with Gasteiger partial charge in [0, 0.05) is 23.6 Å². The first kappa shape index (κ1) is 14.1. The molecule has 1 aromatic heterocycles. The summed E-state index contributed by atoms with van der Waals surface area (Å²) in [5, 5.41) is 13.1. The van der Waals surface area contributed by atoms with Crippen LogP contribution in [0.1, 0.15) is 67.7 Å². The Morgan fingerprint density at radius 2 is 2.11 bits per heavy atom. The molecule has 0 saturated carbocycles. The fraction of sp³-hybridized carbons (Fsp3) is 0.667. The second-order valence-electron chi connectivity index (χ2n) is 6.58. The predicted octanol–water partition coefficient (Wildman–Crippen LogP) is 2.73. The van der Waals surface area contributed by atoms with E-state index in [1.165, 1.54) is 0 Å². The quantitative estimate of drug-likeness (QED) is 0.864. The number of carbonyl (C=O) groups excluding carboxylic acids is 1. The first-order valence-corrected chi connectivity index (χ1v) is 6.82. The van der Waals surface area contributed by atoms with E-state index in [4.69, 9.17) is 4.42 Å². The molecule has 1 amide bonds. The number of aliphatic hydroxyl groups excluding tert-OH is 1. The topological polar surface area (TPSA) is 62.5 Å². The summed E-state index contributed by atoms with van der Waals surface area (Å²) in [5.74, 6) is 0.900. The van der Waals surface area contributed by atoms with Gasteiger partial charge in [0.25, 0.3) is 5.91 Å². The first-order chi connectivity index (χ1) is 8.71. The van der Waals surface area contributed by atoms with Gasteiger partial charge in [0.1, 0.15) is 5.76 Å². The molecule has 0 spiro atoms. The third-order valence-electron chi connectivity index (χ3n) is 3.61. The lowest BCUT2D eigenvalue weighted by Gasteiger charge is -2.31. The van der Waals surface area contributed by atoms with Crippen LogP contribution in [0.2, 0.25) is 0 Å². The van der Waals surface area contributed by atoms with Crippen LogP contribution in [0.3, 0.4) is 0 Å². The van der Waals surface area contributed by atoms with E-state index in [9.17, 15) is 9.90 Å². The van der Waals surface area contributed by atoms with Crippen molar-refractivity contribution in [2.24, 2.45) is 5.41 Å². The lowest BCUT2D eigenvalue weighted by atomic mass is 9.75. The van der Waals surface area contributed by atoms with Crippen molar-refractivity contribution in [3.63, 3.8) is 0 Å². The maximum Gasteiger partial charge on any atom is 0.287 e. The van der Waals surface area contributed by atoms with E-state index in [0.29, 0.717) is 12.2 Å². The summed E-state index contributed by atoms with van der Waals surface area (Å²) in [4.78, 5) is 12.1. The average Bonchev–Trinajstić information content (AvgIpc) is 2.52. The van der Waals surface area contributed by atoms with Gasteiger partial charge in [0.05, 0.1) is 6.10 Å². The smallest absolute Gasteiger partial charge is 0.287 e. The summed E-state index contributed by atoms with van der Waals surface area (Å²) in [5.41, 5.74) is 1.59. The fourth-order valence-electron chi connectivity index (χ4n) is 2.83. The van der Waals surface area contributed by atoms with E-state index in [1.54, 1.807) is 0 Å². The Kier molecular flexibility index (Phi) is 3.47. The zero-order chi connectivity index (χ0) is 14.4. The van der Waals surface area contributed by atoms with Crippen LogP contribution in [0.4, 0.5) is 0 Å². The van der Waals surface area contributed by atoms with E-state index in [1.807, 2.05) is 20.8 Å². The van der Waals surface area contributed by atoms with Crippen LogP contribution in [0.5, 0.6) is 0 Å². The molecular weight excluding hydrogens is 242 g/mol. The van der Waals surface area contributed by atoms with Crippen molar-refractivity contribution in [3.8, 4) is 0 Å². The van der Waals surface area contributed by atoms with E-state index in [2.05, 4.69) is 19.2 Å². The summed E-state index contributed by atoms with van der Waals surface area (Å²) < 4.78 is 5.73. The van der Waals surface area contributed by atoms with Crippen molar-refractivity contribution in [2.75, 3.05) is 0 Å². The number of hydrogen-bond acceptors (Lipinski definition) is 3. The van der Waals surface area contributed by atoms with E-state index in [0.717, 1.165) is 23.3 Å². The van der Waals surface area contributed by atoms with Gasteiger partial charge in [-0.15, -0.1) is 0 Å². The van der Waals surface area contributed by atoms with Crippen LogP contribution in [-0.2, 0) is 6.42 Å². The molecule has 1 heterocycles. The zero-order valence-corrected chi connectivity index (χ0v) is 12.3. The van der Waals surface area contributed by atoms with E-state index in [-0.39, 0.29) is 17.4 Å². The average molecular weight is 265 g/mol. The van der Waals surface area contributed by atoms with Crippen LogP contribution in [0, 0.1) is 12.3 Å². The van der Waals surface area contributed by atoms with Gasteiger partial charge >= 0.3 is 0 Å². The van der Waals surface area contributed by atoms with Crippen molar-refractivity contribution in [2.45, 2.75) is 59.6 Å². The molecule has 106 valence electrons. The Hall–Kier alpha value is -1.29. The van der Waals surface area contributed by atoms with E-state index < -0.39 is 6.10 Å². The van der Waals surface area contributed by atoms with Crippen molar-refractivity contribution in [1.29, 1.82) is 0 Å². The minimum atomic E-state index is -0.539. The number of amides is 1. The molecule has 1 unspecified atom stereocenters. The number of hydrogen-bond donors (Lipinski definition) is 2. The third kappa shape index (κ3) is 2.68. The Balaban J connectivity index is 2.38. The van der Waals surface area contributed by atoms with Gasteiger partial charge in [-0.05, 0) is 32.6 Å². The molecule has 0 bridgehead atoms. The van der Waals surface area contributed by atoms with Gasteiger partial charge < -0.3 is 14.8 Å². The highest BCUT2D eigenvalue weighted by atomic mass is 16.4. The number of rotatable bonds is 2. The number of fused-ring (bicyclic) bond motifs is 1. The second kappa shape index (κ2) is 4.67. The molecule has 2 rings (SSSR count). The van der Waals surface area contributed by atoms with Crippen LogP contribution in [0.25, 0.3) is 0 Å². The SMILES string of the molecule is Cc1c(C(=O)NC(C)C)oc2c1C(O)CC(C)(C)C2. The van der Waals surface area contributed by atoms with Gasteiger partial charge in [-0.1, -0.05) is 13.8 Å². The van der Waals surface area contributed by atoms with E-state index >= 15 is 0 Å². The summed E-state index contributed by atoms with van der Waals surface area (Å²) in [6.07, 6.45) is 0.920.